The van der Waals surface area contributed by atoms with Crippen molar-refractivity contribution in [2.45, 2.75) is 60.3 Å². The maximum atomic E-state index is 5.98. The van der Waals surface area contributed by atoms with Gasteiger partial charge in [0.25, 0.3) is 0 Å². The summed E-state index contributed by atoms with van der Waals surface area (Å²) < 4.78 is 5.95. The zero-order valence-electron chi connectivity index (χ0n) is 14.1. The molecule has 1 fully saturated rings. The molecule has 1 aromatic rings. The highest BCUT2D eigenvalue weighted by molar-refractivity contribution is 5.78. The number of nitrogens with zero attached hydrogens (tertiary/aromatic N) is 2. The summed E-state index contributed by atoms with van der Waals surface area (Å²) >= 11 is 0. The summed E-state index contributed by atoms with van der Waals surface area (Å²) in [5.41, 5.74) is 1.74. The lowest BCUT2D eigenvalue weighted by atomic mass is 9.96. The number of ether oxygens (including phenoxy) is 1. The zero-order valence-corrected chi connectivity index (χ0v) is 14.1. The quantitative estimate of drug-likeness (QED) is 0.768. The molecule has 2 rings (SSSR count). The Morgan fingerprint density at radius 3 is 2.05 bits per heavy atom. The molecule has 116 valence electrons. The summed E-state index contributed by atoms with van der Waals surface area (Å²) in [4.78, 5) is 10.6. The summed E-state index contributed by atoms with van der Waals surface area (Å²) in [6.07, 6.45) is -0.332. The van der Waals surface area contributed by atoms with Crippen LogP contribution in [-0.4, -0.2) is 22.9 Å². The number of hydrogen-bond acceptors (Lipinski definition) is 3. The fraction of sp³-hybridized carbons (Fsp3) is 0.588. The van der Waals surface area contributed by atoms with Gasteiger partial charge in [-0.25, -0.2) is 4.84 Å². The summed E-state index contributed by atoms with van der Waals surface area (Å²) in [6, 6.07) is 8.56. The van der Waals surface area contributed by atoms with Crippen molar-refractivity contribution >= 4 is 11.7 Å². The van der Waals surface area contributed by atoms with E-state index in [1.165, 1.54) is 5.56 Å². The van der Waals surface area contributed by atoms with Gasteiger partial charge in [0.05, 0.1) is 11.2 Å². The van der Waals surface area contributed by atoms with Crippen molar-refractivity contribution in [2.24, 2.45) is 10.4 Å². The lowest BCUT2D eigenvalue weighted by molar-refractivity contribution is -0.223. The van der Waals surface area contributed by atoms with E-state index in [0.29, 0.717) is 6.02 Å². The van der Waals surface area contributed by atoms with Gasteiger partial charge in [-0.1, -0.05) is 38.5 Å². The van der Waals surface area contributed by atoms with Gasteiger partial charge >= 0.3 is 6.02 Å². The van der Waals surface area contributed by atoms with Crippen molar-refractivity contribution in [3.63, 3.8) is 0 Å². The lowest BCUT2D eigenvalue weighted by Gasteiger charge is -2.30. The highest BCUT2D eigenvalue weighted by Crippen LogP contribution is 2.34. The van der Waals surface area contributed by atoms with E-state index in [-0.39, 0.29) is 17.2 Å². The molecular formula is C17H26N2O2. The monoisotopic (exact) mass is 290 g/mol. The van der Waals surface area contributed by atoms with Crippen LogP contribution in [0.2, 0.25) is 0 Å². The number of amidine groups is 1. The van der Waals surface area contributed by atoms with Crippen LogP contribution >= 0.6 is 0 Å². The van der Waals surface area contributed by atoms with Gasteiger partial charge < -0.3 is 4.74 Å². The van der Waals surface area contributed by atoms with Gasteiger partial charge in [-0.15, -0.1) is 0 Å². The van der Waals surface area contributed by atoms with E-state index < -0.39 is 0 Å². The van der Waals surface area contributed by atoms with Crippen LogP contribution in [-0.2, 0) is 9.57 Å². The number of hydrogen-bond donors (Lipinski definition) is 0. The number of rotatable bonds is 1. The van der Waals surface area contributed by atoms with Gasteiger partial charge in [0.2, 0.25) is 6.29 Å². The largest absolute Gasteiger partial charge is 0.431 e. The zero-order chi connectivity index (χ0) is 15.8. The molecule has 0 N–H and O–H groups in total. The lowest BCUT2D eigenvalue weighted by Crippen LogP contribution is -2.42. The van der Waals surface area contributed by atoms with E-state index in [2.05, 4.69) is 53.5 Å². The van der Waals surface area contributed by atoms with Gasteiger partial charge in [0.1, 0.15) is 0 Å². The predicted octanol–water partition coefficient (Wildman–Crippen LogP) is 4.42. The van der Waals surface area contributed by atoms with Crippen LogP contribution in [0, 0.1) is 12.3 Å². The Balaban J connectivity index is 2.32. The summed E-state index contributed by atoms with van der Waals surface area (Å²) in [5.74, 6) is 0. The van der Waals surface area contributed by atoms with E-state index in [1.807, 2.05) is 24.3 Å². The topological polar surface area (TPSA) is 34.1 Å². The number of aliphatic imine (C=N–C) groups is 1. The average molecular weight is 290 g/mol. The van der Waals surface area contributed by atoms with Crippen LogP contribution in [0.1, 0.15) is 47.1 Å². The molecule has 1 saturated heterocycles. The van der Waals surface area contributed by atoms with E-state index in [4.69, 9.17) is 9.57 Å². The minimum atomic E-state index is -0.332. The highest BCUT2D eigenvalue weighted by Gasteiger charge is 2.43. The van der Waals surface area contributed by atoms with E-state index in [0.717, 1.165) is 5.69 Å². The van der Waals surface area contributed by atoms with Gasteiger partial charge in [-0.2, -0.15) is 10.1 Å². The second kappa shape index (κ2) is 5.34. The summed E-state index contributed by atoms with van der Waals surface area (Å²) in [5, 5.41) is 1.77. The number of aryl methyl sites for hydroxylation is 1. The van der Waals surface area contributed by atoms with Crippen LogP contribution in [0.25, 0.3) is 0 Å². The molecule has 0 spiro atoms. The van der Waals surface area contributed by atoms with Crippen molar-refractivity contribution in [2.75, 3.05) is 0 Å². The maximum absolute atomic E-state index is 5.98. The minimum absolute atomic E-state index is 0.117. The molecule has 4 heteroatoms. The van der Waals surface area contributed by atoms with Gasteiger partial charge in [-0.05, 0) is 39.8 Å². The molecule has 0 bridgehead atoms. The molecule has 1 unspecified atom stereocenters. The molecule has 0 aromatic heterocycles. The molecule has 4 nitrogen and oxygen atoms in total. The Labute approximate surface area is 127 Å². The average Bonchev–Trinajstić information content (AvgIpc) is 2.75. The molecule has 0 saturated carbocycles. The molecule has 1 aromatic carbocycles. The van der Waals surface area contributed by atoms with Gasteiger partial charge in [-0.3, -0.25) is 0 Å². The Hall–Kier alpha value is -1.55. The standard InChI is InChI=1S/C17H26N2O2/c1-12-8-10-13(11-9-12)18-15-19(17(5,6)7)21-14(20-15)16(2,3)4/h8-11,14H,1-7H3. The third-order valence-corrected chi connectivity index (χ3v) is 3.16. The second-order valence-electron chi connectivity index (χ2n) is 7.62. The minimum Gasteiger partial charge on any atom is -0.431 e. The molecule has 0 amide bonds. The first-order valence-corrected chi connectivity index (χ1v) is 7.36. The number of hydroxylamine groups is 2. The molecular weight excluding hydrogens is 264 g/mol. The fourth-order valence-electron chi connectivity index (χ4n) is 1.89. The molecule has 1 heterocycles. The van der Waals surface area contributed by atoms with Crippen molar-refractivity contribution in [1.29, 1.82) is 0 Å². The molecule has 1 atom stereocenters. The highest BCUT2D eigenvalue weighted by atomic mass is 16.9. The second-order valence-corrected chi connectivity index (χ2v) is 7.62. The Morgan fingerprint density at radius 2 is 1.57 bits per heavy atom. The van der Waals surface area contributed by atoms with Crippen molar-refractivity contribution in [3.8, 4) is 0 Å². The summed E-state index contributed by atoms with van der Waals surface area (Å²) in [6.45, 7) is 14.6. The van der Waals surface area contributed by atoms with Gasteiger partial charge in [0, 0.05) is 5.41 Å². The Kier molecular flexibility index (Phi) is 4.02. The van der Waals surface area contributed by atoms with E-state index in [1.54, 1.807) is 5.06 Å². The number of benzene rings is 1. The van der Waals surface area contributed by atoms with Gasteiger partial charge in [0.15, 0.2) is 0 Å². The predicted molar refractivity (Wildman–Crippen MR) is 85.3 cm³/mol. The van der Waals surface area contributed by atoms with Crippen LogP contribution in [0.5, 0.6) is 0 Å². The molecule has 0 radical (unpaired) electrons. The van der Waals surface area contributed by atoms with Crippen LogP contribution in [0.3, 0.4) is 0 Å². The first-order valence-electron chi connectivity index (χ1n) is 7.36. The fourth-order valence-corrected chi connectivity index (χ4v) is 1.89. The maximum Gasteiger partial charge on any atom is 0.320 e. The third kappa shape index (κ3) is 3.76. The van der Waals surface area contributed by atoms with Crippen molar-refractivity contribution < 1.29 is 9.57 Å². The Bertz CT molecular complexity index is 521. The van der Waals surface area contributed by atoms with E-state index in [9.17, 15) is 0 Å². The van der Waals surface area contributed by atoms with Crippen LogP contribution in [0.15, 0.2) is 29.3 Å². The first-order chi connectivity index (χ1) is 9.57. The Morgan fingerprint density at radius 1 is 1.00 bits per heavy atom. The molecule has 1 aliphatic heterocycles. The molecule has 0 aliphatic carbocycles. The smallest absolute Gasteiger partial charge is 0.320 e. The van der Waals surface area contributed by atoms with Crippen molar-refractivity contribution in [1.82, 2.24) is 5.06 Å². The normalized spacial score (nSPS) is 21.8. The summed E-state index contributed by atoms with van der Waals surface area (Å²) in [7, 11) is 0. The van der Waals surface area contributed by atoms with Crippen LogP contribution < -0.4 is 0 Å². The molecule has 1 aliphatic rings. The first kappa shape index (κ1) is 15.8. The molecule has 21 heavy (non-hydrogen) atoms. The van der Waals surface area contributed by atoms with Crippen molar-refractivity contribution in [3.05, 3.63) is 29.8 Å². The van der Waals surface area contributed by atoms with Crippen LogP contribution in [0.4, 0.5) is 5.69 Å². The third-order valence-electron chi connectivity index (χ3n) is 3.16. The van der Waals surface area contributed by atoms with E-state index >= 15 is 0 Å². The SMILES string of the molecule is Cc1ccc(N=C2OC(C(C)(C)C)ON2C(C)(C)C)cc1.